The summed E-state index contributed by atoms with van der Waals surface area (Å²) in [5, 5.41) is 1.46. The predicted octanol–water partition coefficient (Wildman–Crippen LogP) is 15.8. The van der Waals surface area contributed by atoms with Gasteiger partial charge < -0.3 is 9.80 Å². The Morgan fingerprint density at radius 2 is 0.500 bits per heavy atom. The fourth-order valence-electron chi connectivity index (χ4n) is 7.93. The van der Waals surface area contributed by atoms with E-state index in [2.05, 4.69) is 266 Å². The summed E-state index contributed by atoms with van der Waals surface area (Å²) in [6.45, 7) is 7.20. The molecule has 9 rings (SSSR count). The van der Waals surface area contributed by atoms with E-state index in [0.29, 0.717) is 0 Å². The molecular weight excluding hydrogens is 741 g/mol. The van der Waals surface area contributed by atoms with Gasteiger partial charge in [0.25, 0.3) is 0 Å². The topological polar surface area (TPSA) is 6.48 Å². The van der Waals surface area contributed by atoms with Gasteiger partial charge in [-0.1, -0.05) is 189 Å². The van der Waals surface area contributed by atoms with Crippen LogP contribution in [0.25, 0.3) is 44.5 Å². The quantitative estimate of drug-likeness (QED) is 0.120. The molecule has 0 saturated carbocycles. The molecule has 0 radical (unpaired) electrons. The summed E-state index contributed by atoms with van der Waals surface area (Å²) in [5.41, 5.74) is 16.3. The van der Waals surface area contributed by atoms with Gasteiger partial charge in [-0.3, -0.25) is 0 Å². The van der Waals surface area contributed by atoms with E-state index in [1.165, 1.54) is 49.7 Å². The molecule has 0 aliphatic carbocycles. The Labute approximate surface area is 356 Å². The zero-order valence-electron chi connectivity index (χ0n) is 34.4. The highest BCUT2D eigenvalue weighted by Gasteiger charge is 2.19. The molecule has 290 valence electrons. The Kier molecular flexibility index (Phi) is 10.8. The fourth-order valence-corrected chi connectivity index (χ4v) is 9.10. The fraction of sp³-hybridized carbons (Fsp3) is 0.0526. The van der Waals surface area contributed by atoms with Crippen LogP contribution in [0, 0.1) is 0 Å². The lowest BCUT2D eigenvalue weighted by Gasteiger charge is -2.27. The maximum atomic E-state index is 2.40. The minimum atomic E-state index is -1.44. The lowest BCUT2D eigenvalue weighted by Crippen LogP contribution is -2.37. The summed E-state index contributed by atoms with van der Waals surface area (Å²) < 4.78 is 0. The van der Waals surface area contributed by atoms with Crippen molar-refractivity contribution in [3.8, 4) is 44.5 Å². The zero-order chi connectivity index (χ0) is 40.9. The number of benzene rings is 9. The van der Waals surface area contributed by atoms with E-state index in [-0.39, 0.29) is 0 Å². The van der Waals surface area contributed by atoms with Crippen molar-refractivity contribution < 1.29 is 0 Å². The summed E-state index contributed by atoms with van der Waals surface area (Å²) in [5.74, 6) is 0. The van der Waals surface area contributed by atoms with Crippen LogP contribution in [0.1, 0.15) is 0 Å². The summed E-state index contributed by atoms with van der Waals surface area (Å²) in [4.78, 5) is 4.69. The summed E-state index contributed by atoms with van der Waals surface area (Å²) >= 11 is 0. The van der Waals surface area contributed by atoms with Crippen LogP contribution in [-0.2, 0) is 0 Å². The minimum absolute atomic E-state index is 1.11. The normalized spacial score (nSPS) is 11.2. The van der Waals surface area contributed by atoms with Gasteiger partial charge in [-0.25, -0.2) is 0 Å². The van der Waals surface area contributed by atoms with Gasteiger partial charge in [-0.05, 0) is 117 Å². The van der Waals surface area contributed by atoms with Crippen molar-refractivity contribution in [1.82, 2.24) is 0 Å². The molecule has 3 heteroatoms. The van der Waals surface area contributed by atoms with Gasteiger partial charge in [0, 0.05) is 34.1 Å². The monoisotopic (exact) mass is 788 g/mol. The van der Waals surface area contributed by atoms with Crippen molar-refractivity contribution in [3.05, 3.63) is 237 Å². The van der Waals surface area contributed by atoms with E-state index in [4.69, 9.17) is 0 Å². The lowest BCUT2D eigenvalue weighted by molar-refractivity contribution is 1.28. The molecule has 0 aliphatic heterocycles. The SMILES string of the molecule is C[Si](C)(C)c1ccc(N(c2ccc(-c3ccc(-c4ccc(N(c5ccccc5)c5ccc(-c6ccccc6)cc5)cc4)cc3)cc2)c2cccc(-c3ccccc3)c2)cc1. The van der Waals surface area contributed by atoms with Crippen LogP contribution >= 0.6 is 0 Å². The minimum Gasteiger partial charge on any atom is -0.311 e. The average molecular weight is 789 g/mol. The third kappa shape index (κ3) is 8.35. The van der Waals surface area contributed by atoms with Gasteiger partial charge in [0.2, 0.25) is 0 Å². The molecule has 0 fully saturated rings. The average Bonchev–Trinajstić information content (AvgIpc) is 3.31. The molecule has 9 aromatic rings. The van der Waals surface area contributed by atoms with Crippen molar-refractivity contribution in [2.45, 2.75) is 19.6 Å². The first kappa shape index (κ1) is 38.3. The molecule has 0 atom stereocenters. The van der Waals surface area contributed by atoms with Gasteiger partial charge in [0.1, 0.15) is 0 Å². The number of hydrogen-bond donors (Lipinski definition) is 0. The molecule has 0 unspecified atom stereocenters. The van der Waals surface area contributed by atoms with Crippen LogP contribution in [0.2, 0.25) is 19.6 Å². The van der Waals surface area contributed by atoms with E-state index >= 15 is 0 Å². The van der Waals surface area contributed by atoms with Crippen LogP contribution in [-0.4, -0.2) is 8.07 Å². The number of nitrogens with zero attached hydrogens (tertiary/aromatic N) is 2. The predicted molar refractivity (Wildman–Crippen MR) is 261 cm³/mol. The molecule has 0 N–H and O–H groups in total. The highest BCUT2D eigenvalue weighted by Crippen LogP contribution is 2.39. The first-order valence-corrected chi connectivity index (χ1v) is 24.3. The first-order valence-electron chi connectivity index (χ1n) is 20.8. The third-order valence-corrected chi connectivity index (χ3v) is 13.3. The second-order valence-corrected chi connectivity index (χ2v) is 21.4. The van der Waals surface area contributed by atoms with Crippen LogP contribution in [0.5, 0.6) is 0 Å². The van der Waals surface area contributed by atoms with Crippen molar-refractivity contribution in [3.63, 3.8) is 0 Å². The molecule has 0 heterocycles. The molecule has 0 aliphatic rings. The summed E-state index contributed by atoms with van der Waals surface area (Å²) in [6.07, 6.45) is 0. The Balaban J connectivity index is 0.969. The standard InChI is InChI=1S/C57H48N2Si/c1-60(2,3)57-40-38-55(39-41-57)59(56-21-13-18-50(42-56)44-16-9-5-10-17-44)54-36-30-49(31-37-54)46-24-22-45(23-25-46)48-28-34-53(35-29-48)58(51-19-11-6-12-20-51)52-32-26-47(27-33-52)43-14-7-4-8-15-43/h4-42H,1-3H3. The zero-order valence-corrected chi connectivity index (χ0v) is 35.4. The van der Waals surface area contributed by atoms with Crippen molar-refractivity contribution in [2.24, 2.45) is 0 Å². The molecule has 2 nitrogen and oxygen atoms in total. The van der Waals surface area contributed by atoms with Crippen molar-refractivity contribution >= 4 is 47.4 Å². The highest BCUT2D eigenvalue weighted by molar-refractivity contribution is 6.88. The van der Waals surface area contributed by atoms with E-state index in [1.54, 1.807) is 0 Å². The molecule has 0 aromatic heterocycles. The summed E-state index contributed by atoms with van der Waals surface area (Å²) in [7, 11) is -1.44. The number of hydrogen-bond acceptors (Lipinski definition) is 2. The maximum absolute atomic E-state index is 2.40. The van der Waals surface area contributed by atoms with Gasteiger partial charge in [0.05, 0.1) is 8.07 Å². The Morgan fingerprint density at radius 3 is 0.900 bits per heavy atom. The molecule has 0 spiro atoms. The molecule has 0 amide bonds. The number of rotatable bonds is 11. The maximum Gasteiger partial charge on any atom is 0.0775 e. The Bertz CT molecular complexity index is 2780. The number of anilines is 6. The Hall–Kier alpha value is -7.20. The van der Waals surface area contributed by atoms with E-state index in [1.807, 2.05) is 0 Å². The second kappa shape index (κ2) is 17.0. The molecule has 0 saturated heterocycles. The van der Waals surface area contributed by atoms with Crippen LogP contribution in [0.3, 0.4) is 0 Å². The highest BCUT2D eigenvalue weighted by atomic mass is 28.3. The first-order chi connectivity index (χ1) is 29.4. The lowest BCUT2D eigenvalue weighted by atomic mass is 9.99. The van der Waals surface area contributed by atoms with Crippen LogP contribution in [0.4, 0.5) is 34.1 Å². The van der Waals surface area contributed by atoms with Gasteiger partial charge in [0.15, 0.2) is 0 Å². The summed E-state index contributed by atoms with van der Waals surface area (Å²) in [6, 6.07) is 85.5. The molecule has 0 bridgehead atoms. The molecular formula is C57H48N2Si. The smallest absolute Gasteiger partial charge is 0.0775 e. The third-order valence-electron chi connectivity index (χ3n) is 11.3. The van der Waals surface area contributed by atoms with Gasteiger partial charge in [-0.15, -0.1) is 0 Å². The van der Waals surface area contributed by atoms with Gasteiger partial charge >= 0.3 is 0 Å². The van der Waals surface area contributed by atoms with E-state index in [0.717, 1.165) is 34.1 Å². The van der Waals surface area contributed by atoms with Crippen LogP contribution < -0.4 is 15.0 Å². The molecule has 9 aromatic carbocycles. The van der Waals surface area contributed by atoms with Gasteiger partial charge in [-0.2, -0.15) is 0 Å². The second-order valence-electron chi connectivity index (χ2n) is 16.3. The molecule has 60 heavy (non-hydrogen) atoms. The van der Waals surface area contributed by atoms with E-state index in [9.17, 15) is 0 Å². The van der Waals surface area contributed by atoms with Crippen molar-refractivity contribution in [1.29, 1.82) is 0 Å². The van der Waals surface area contributed by atoms with Crippen LogP contribution in [0.15, 0.2) is 237 Å². The number of para-hydroxylation sites is 1. The van der Waals surface area contributed by atoms with Crippen molar-refractivity contribution in [2.75, 3.05) is 9.80 Å². The Morgan fingerprint density at radius 1 is 0.233 bits per heavy atom. The van der Waals surface area contributed by atoms with E-state index < -0.39 is 8.07 Å². The largest absolute Gasteiger partial charge is 0.311 e.